The summed E-state index contributed by atoms with van der Waals surface area (Å²) in [5.74, 6) is 0.239. The van der Waals surface area contributed by atoms with Gasteiger partial charge in [-0.3, -0.25) is 14.6 Å². The highest BCUT2D eigenvalue weighted by molar-refractivity contribution is 5.93. The van der Waals surface area contributed by atoms with Gasteiger partial charge in [0.15, 0.2) is 0 Å². The zero-order valence-electron chi connectivity index (χ0n) is 16.7. The van der Waals surface area contributed by atoms with E-state index in [9.17, 15) is 9.59 Å². The maximum atomic E-state index is 12.4. The molecule has 1 fully saturated rings. The van der Waals surface area contributed by atoms with Crippen molar-refractivity contribution < 1.29 is 18.7 Å². The zero-order chi connectivity index (χ0) is 20.1. The van der Waals surface area contributed by atoms with E-state index in [2.05, 4.69) is 15.1 Å². The third kappa shape index (κ3) is 4.79. The quantitative estimate of drug-likeness (QED) is 0.770. The van der Waals surface area contributed by atoms with E-state index in [1.54, 1.807) is 6.07 Å². The van der Waals surface area contributed by atoms with Crippen LogP contribution in [0.15, 0.2) is 34.9 Å². The molecule has 7 nitrogen and oxygen atoms in total. The number of nitrogens with one attached hydrogen (secondary N) is 1. The van der Waals surface area contributed by atoms with Crippen molar-refractivity contribution in [3.05, 3.63) is 53.0 Å². The van der Waals surface area contributed by atoms with E-state index < -0.39 is 0 Å². The number of aryl methyl sites for hydroxylation is 2. The Morgan fingerprint density at radius 2 is 1.71 bits per heavy atom. The van der Waals surface area contributed by atoms with Crippen molar-refractivity contribution in [2.45, 2.75) is 20.4 Å². The molecule has 0 saturated carbocycles. The minimum Gasteiger partial charge on any atom is -0.467 e. The summed E-state index contributed by atoms with van der Waals surface area (Å²) in [5, 5.41) is 3.04. The zero-order valence-corrected chi connectivity index (χ0v) is 16.7. The highest BCUT2D eigenvalue weighted by Crippen LogP contribution is 2.19. The number of esters is 1. The fourth-order valence-electron chi connectivity index (χ4n) is 3.46. The molecule has 7 heteroatoms. The van der Waals surface area contributed by atoms with Crippen molar-refractivity contribution in [2.24, 2.45) is 0 Å². The largest absolute Gasteiger partial charge is 0.467 e. The molecule has 150 valence electrons. The van der Waals surface area contributed by atoms with Crippen LogP contribution in [-0.2, 0) is 16.1 Å². The van der Waals surface area contributed by atoms with Crippen LogP contribution >= 0.6 is 0 Å². The Morgan fingerprint density at radius 1 is 1.07 bits per heavy atom. The Morgan fingerprint density at radius 3 is 2.36 bits per heavy atom. The van der Waals surface area contributed by atoms with Crippen LogP contribution in [0.5, 0.6) is 0 Å². The molecule has 1 aliphatic heterocycles. The van der Waals surface area contributed by atoms with Crippen molar-refractivity contribution in [3.8, 4) is 0 Å². The number of amides is 1. The number of carbonyl (C=O) groups is 2. The summed E-state index contributed by atoms with van der Waals surface area (Å²) >= 11 is 0. The molecular weight excluding hydrogens is 358 g/mol. The van der Waals surface area contributed by atoms with Crippen molar-refractivity contribution >= 4 is 17.6 Å². The molecule has 28 heavy (non-hydrogen) atoms. The van der Waals surface area contributed by atoms with Crippen LogP contribution in [0.3, 0.4) is 0 Å². The first kappa shape index (κ1) is 20.1. The number of nitrogens with zero attached hydrogens (tertiary/aromatic N) is 2. The minimum atomic E-state index is -0.384. The van der Waals surface area contributed by atoms with Gasteiger partial charge in [0.25, 0.3) is 0 Å². The number of rotatable bonds is 6. The second kappa shape index (κ2) is 9.03. The number of furan rings is 1. The van der Waals surface area contributed by atoms with Crippen molar-refractivity contribution in [2.75, 3.05) is 45.2 Å². The molecule has 3 rings (SSSR count). The fraction of sp³-hybridized carbons (Fsp3) is 0.429. The lowest BCUT2D eigenvalue weighted by atomic mass is 10.1. The van der Waals surface area contributed by atoms with Crippen molar-refractivity contribution in [1.29, 1.82) is 0 Å². The lowest BCUT2D eigenvalue weighted by Crippen LogP contribution is -2.48. The number of hydrogen-bond donors (Lipinski definition) is 1. The number of piperazine rings is 1. The van der Waals surface area contributed by atoms with Crippen LogP contribution in [0.1, 0.15) is 27.2 Å². The number of hydrogen-bond acceptors (Lipinski definition) is 6. The maximum absolute atomic E-state index is 12.4. The summed E-state index contributed by atoms with van der Waals surface area (Å²) in [5.41, 5.74) is 3.51. The summed E-state index contributed by atoms with van der Waals surface area (Å²) in [6, 6.07) is 7.62. The topological polar surface area (TPSA) is 75.0 Å². The molecule has 1 aromatic heterocycles. The van der Waals surface area contributed by atoms with E-state index in [0.29, 0.717) is 24.4 Å². The number of anilines is 1. The summed E-state index contributed by atoms with van der Waals surface area (Å²) in [6.07, 6.45) is 1.51. The van der Waals surface area contributed by atoms with Gasteiger partial charge in [0.05, 0.1) is 26.5 Å². The molecule has 0 aliphatic carbocycles. The lowest BCUT2D eigenvalue weighted by molar-refractivity contribution is -0.117. The van der Waals surface area contributed by atoms with E-state index in [0.717, 1.165) is 43.0 Å². The highest BCUT2D eigenvalue weighted by Gasteiger charge is 2.23. The van der Waals surface area contributed by atoms with Gasteiger partial charge in [0.2, 0.25) is 5.91 Å². The van der Waals surface area contributed by atoms with Crippen LogP contribution in [0.25, 0.3) is 0 Å². The van der Waals surface area contributed by atoms with E-state index in [1.807, 2.05) is 32.0 Å². The minimum absolute atomic E-state index is 0.00450. The van der Waals surface area contributed by atoms with Gasteiger partial charge in [-0.1, -0.05) is 18.2 Å². The van der Waals surface area contributed by atoms with Crippen molar-refractivity contribution in [1.82, 2.24) is 9.80 Å². The van der Waals surface area contributed by atoms with Gasteiger partial charge < -0.3 is 14.5 Å². The number of ether oxygens (including phenoxy) is 1. The Labute approximate surface area is 165 Å². The number of para-hydroxylation sites is 1. The summed E-state index contributed by atoms with van der Waals surface area (Å²) in [7, 11) is 1.36. The average molecular weight is 385 g/mol. The third-order valence-electron chi connectivity index (χ3n) is 5.10. The fourth-order valence-corrected chi connectivity index (χ4v) is 3.46. The Balaban J connectivity index is 1.49. The van der Waals surface area contributed by atoms with Gasteiger partial charge in [0.1, 0.15) is 11.3 Å². The second-order valence-corrected chi connectivity index (χ2v) is 7.12. The molecule has 0 unspecified atom stereocenters. The molecule has 0 spiro atoms. The second-order valence-electron chi connectivity index (χ2n) is 7.12. The van der Waals surface area contributed by atoms with E-state index in [1.165, 1.54) is 13.4 Å². The molecule has 1 N–H and O–H groups in total. The summed E-state index contributed by atoms with van der Waals surface area (Å²) in [6.45, 7) is 8.10. The van der Waals surface area contributed by atoms with Gasteiger partial charge >= 0.3 is 5.97 Å². The van der Waals surface area contributed by atoms with Crippen LogP contribution in [0, 0.1) is 13.8 Å². The monoisotopic (exact) mass is 385 g/mol. The van der Waals surface area contributed by atoms with Gasteiger partial charge in [-0.05, 0) is 31.0 Å². The standard InChI is InChI=1S/C21H27N3O4/c1-15-5-4-6-16(2)20(15)22-19(25)14-24-10-8-23(9-11-24)13-18-17(7-12-28-18)21(26)27-3/h4-7,12H,8-11,13-14H2,1-3H3,(H,22,25). The van der Waals surface area contributed by atoms with Crippen LogP contribution < -0.4 is 5.32 Å². The SMILES string of the molecule is COC(=O)c1ccoc1CN1CCN(CC(=O)Nc2c(C)cccc2C)CC1. The lowest BCUT2D eigenvalue weighted by Gasteiger charge is -2.33. The Hall–Kier alpha value is -2.64. The molecule has 1 aromatic carbocycles. The molecule has 0 radical (unpaired) electrons. The first-order valence-electron chi connectivity index (χ1n) is 9.43. The summed E-state index contributed by atoms with van der Waals surface area (Å²) < 4.78 is 10.2. The third-order valence-corrected chi connectivity index (χ3v) is 5.10. The molecule has 1 aliphatic rings. The van der Waals surface area contributed by atoms with Gasteiger partial charge in [0, 0.05) is 31.9 Å². The number of carbonyl (C=O) groups excluding carboxylic acids is 2. The van der Waals surface area contributed by atoms with Gasteiger partial charge in [-0.15, -0.1) is 0 Å². The molecule has 0 atom stereocenters. The van der Waals surface area contributed by atoms with E-state index in [-0.39, 0.29) is 11.9 Å². The Kier molecular flexibility index (Phi) is 6.49. The predicted octanol–water partition coefficient (Wildman–Crippen LogP) is 2.44. The predicted molar refractivity (Wildman–Crippen MR) is 106 cm³/mol. The van der Waals surface area contributed by atoms with E-state index >= 15 is 0 Å². The number of benzene rings is 1. The van der Waals surface area contributed by atoms with Gasteiger partial charge in [-0.2, -0.15) is 0 Å². The van der Waals surface area contributed by atoms with Crippen LogP contribution in [-0.4, -0.2) is 61.5 Å². The molecule has 2 heterocycles. The van der Waals surface area contributed by atoms with Crippen LogP contribution in [0.2, 0.25) is 0 Å². The highest BCUT2D eigenvalue weighted by atomic mass is 16.5. The molecule has 2 aromatic rings. The summed E-state index contributed by atoms with van der Waals surface area (Å²) in [4.78, 5) is 28.6. The first-order chi connectivity index (χ1) is 13.5. The average Bonchev–Trinajstić information content (AvgIpc) is 3.14. The van der Waals surface area contributed by atoms with E-state index in [4.69, 9.17) is 9.15 Å². The van der Waals surface area contributed by atoms with Crippen molar-refractivity contribution in [3.63, 3.8) is 0 Å². The molecule has 0 bridgehead atoms. The normalized spacial score (nSPS) is 15.4. The smallest absolute Gasteiger partial charge is 0.341 e. The number of methoxy groups -OCH3 is 1. The Bertz CT molecular complexity index is 818. The molecule has 1 amide bonds. The van der Waals surface area contributed by atoms with Gasteiger partial charge in [-0.25, -0.2) is 4.79 Å². The first-order valence-corrected chi connectivity index (χ1v) is 9.43. The van der Waals surface area contributed by atoms with Crippen LogP contribution in [0.4, 0.5) is 5.69 Å². The molecular formula is C21H27N3O4. The maximum Gasteiger partial charge on any atom is 0.341 e. The molecule has 1 saturated heterocycles.